The largest absolute Gasteiger partial charge is 0.478 e. The number of carbonyl (C=O) groups is 2. The zero-order chi connectivity index (χ0) is 22.0. The molecule has 0 saturated carbocycles. The summed E-state index contributed by atoms with van der Waals surface area (Å²) >= 11 is 0. The van der Waals surface area contributed by atoms with Crippen LogP contribution in [0.25, 0.3) is 0 Å². The van der Waals surface area contributed by atoms with Gasteiger partial charge in [0.1, 0.15) is 0 Å². The Morgan fingerprint density at radius 2 is 1.00 bits per heavy atom. The van der Waals surface area contributed by atoms with Crippen molar-refractivity contribution in [3.8, 4) is 0 Å². The smallest absolute Gasteiger partial charge is 0.336 e. The predicted molar refractivity (Wildman–Crippen MR) is 118 cm³/mol. The van der Waals surface area contributed by atoms with Crippen LogP contribution in [0.2, 0.25) is 0 Å². The number of carboxylic acid groups (broad SMARTS) is 2. The van der Waals surface area contributed by atoms with Crippen LogP contribution in [0.3, 0.4) is 0 Å². The van der Waals surface area contributed by atoms with Crippen molar-refractivity contribution >= 4 is 11.9 Å². The van der Waals surface area contributed by atoms with E-state index >= 15 is 0 Å². The lowest BCUT2D eigenvalue weighted by Crippen LogP contribution is -2.11. The minimum absolute atomic E-state index is 0.0398. The number of carboxylic acids is 2. The first-order valence-electron chi connectivity index (χ1n) is 9.90. The van der Waals surface area contributed by atoms with Gasteiger partial charge in [0.2, 0.25) is 0 Å². The van der Waals surface area contributed by atoms with Gasteiger partial charge in [-0.3, -0.25) is 0 Å². The summed E-state index contributed by atoms with van der Waals surface area (Å²) in [7, 11) is 0. The van der Waals surface area contributed by atoms with Crippen LogP contribution >= 0.6 is 0 Å². The van der Waals surface area contributed by atoms with Crippen molar-refractivity contribution in [2.75, 3.05) is 0 Å². The van der Waals surface area contributed by atoms with Gasteiger partial charge in [-0.05, 0) is 80.0 Å². The van der Waals surface area contributed by atoms with Crippen molar-refractivity contribution in [3.63, 3.8) is 0 Å². The number of rotatable bonds is 6. The second-order valence-corrected chi connectivity index (χ2v) is 7.99. The monoisotopic (exact) mass is 402 g/mol. The Bertz CT molecular complexity index is 1060. The summed E-state index contributed by atoms with van der Waals surface area (Å²) in [6.45, 7) is 8.00. The molecule has 3 aromatic carbocycles. The predicted octanol–water partition coefficient (Wildman–Crippen LogP) is 5.50. The highest BCUT2D eigenvalue weighted by atomic mass is 16.4. The Balaban J connectivity index is 2.15. The molecule has 0 radical (unpaired) electrons. The standard InChI is InChI=1S/C26H26O4/c1-15-5-7-17(3)19(9-15)11-21-13-22(12-20-10-16(2)6-8-18(20)4)24(26(29)30)14-23(21)25(27)28/h5-10,13-14H,11-12H2,1-4H3,(H,27,28)(H,29,30). The number of aryl methyl sites for hydroxylation is 4. The molecule has 3 aromatic rings. The summed E-state index contributed by atoms with van der Waals surface area (Å²) in [6.07, 6.45) is 0.879. The normalized spacial score (nSPS) is 10.8. The molecule has 0 spiro atoms. The van der Waals surface area contributed by atoms with Crippen molar-refractivity contribution in [1.29, 1.82) is 0 Å². The van der Waals surface area contributed by atoms with E-state index in [0.717, 1.165) is 33.4 Å². The van der Waals surface area contributed by atoms with Gasteiger partial charge in [0, 0.05) is 0 Å². The van der Waals surface area contributed by atoms with E-state index in [9.17, 15) is 19.8 Å². The van der Waals surface area contributed by atoms with Crippen LogP contribution in [-0.2, 0) is 12.8 Å². The van der Waals surface area contributed by atoms with E-state index in [1.54, 1.807) is 6.07 Å². The van der Waals surface area contributed by atoms with Gasteiger partial charge in [-0.1, -0.05) is 53.6 Å². The fourth-order valence-electron chi connectivity index (χ4n) is 3.78. The molecule has 0 fully saturated rings. The highest BCUT2D eigenvalue weighted by molar-refractivity contribution is 5.96. The van der Waals surface area contributed by atoms with Crippen LogP contribution in [0.4, 0.5) is 0 Å². The molecule has 2 N–H and O–H groups in total. The van der Waals surface area contributed by atoms with Gasteiger partial charge in [-0.2, -0.15) is 0 Å². The first-order valence-corrected chi connectivity index (χ1v) is 9.90. The molecule has 0 unspecified atom stereocenters. The van der Waals surface area contributed by atoms with Crippen LogP contribution < -0.4 is 0 Å². The van der Waals surface area contributed by atoms with Gasteiger partial charge < -0.3 is 10.2 Å². The highest BCUT2D eigenvalue weighted by Gasteiger charge is 2.20. The lowest BCUT2D eigenvalue weighted by Gasteiger charge is -2.15. The van der Waals surface area contributed by atoms with Crippen molar-refractivity contribution in [2.24, 2.45) is 0 Å². The average Bonchev–Trinajstić information content (AvgIpc) is 2.67. The van der Waals surface area contributed by atoms with E-state index in [4.69, 9.17) is 0 Å². The van der Waals surface area contributed by atoms with Gasteiger partial charge in [-0.25, -0.2) is 9.59 Å². The Morgan fingerprint density at radius 3 is 1.37 bits per heavy atom. The summed E-state index contributed by atoms with van der Waals surface area (Å²) in [5, 5.41) is 19.5. The minimum atomic E-state index is -1.11. The number of hydrogen-bond acceptors (Lipinski definition) is 2. The van der Waals surface area contributed by atoms with Crippen LogP contribution in [0.1, 0.15) is 65.2 Å². The molecule has 0 amide bonds. The fourth-order valence-corrected chi connectivity index (χ4v) is 3.78. The molecule has 0 aromatic heterocycles. The molecule has 0 aliphatic heterocycles. The second kappa shape index (κ2) is 8.54. The summed E-state index contributed by atoms with van der Waals surface area (Å²) in [6, 6.07) is 15.3. The molecule has 0 aliphatic rings. The minimum Gasteiger partial charge on any atom is -0.478 e. The molecule has 30 heavy (non-hydrogen) atoms. The SMILES string of the molecule is Cc1ccc(C)c(Cc2cc(Cc3cc(C)ccc3C)c(C(=O)O)cc2C(=O)O)c1. The molecule has 0 aliphatic carbocycles. The maximum atomic E-state index is 11.9. The molecular formula is C26H26O4. The van der Waals surface area contributed by atoms with Gasteiger partial charge in [-0.15, -0.1) is 0 Å². The van der Waals surface area contributed by atoms with Gasteiger partial charge in [0.15, 0.2) is 0 Å². The molecule has 0 saturated heterocycles. The molecule has 0 bridgehead atoms. The third-order valence-electron chi connectivity index (χ3n) is 5.56. The fraction of sp³-hybridized carbons (Fsp3) is 0.231. The molecule has 3 rings (SSSR count). The Labute approximate surface area is 176 Å². The van der Waals surface area contributed by atoms with E-state index in [2.05, 4.69) is 12.1 Å². The lowest BCUT2D eigenvalue weighted by atomic mass is 9.89. The average molecular weight is 402 g/mol. The van der Waals surface area contributed by atoms with Crippen molar-refractivity contribution in [2.45, 2.75) is 40.5 Å². The molecular weight excluding hydrogens is 376 g/mol. The maximum Gasteiger partial charge on any atom is 0.336 e. The zero-order valence-electron chi connectivity index (χ0n) is 17.7. The maximum absolute atomic E-state index is 11.9. The number of benzene rings is 3. The van der Waals surface area contributed by atoms with Crippen molar-refractivity contribution in [1.82, 2.24) is 0 Å². The Morgan fingerprint density at radius 1 is 0.600 bits per heavy atom. The highest BCUT2D eigenvalue weighted by Crippen LogP contribution is 2.26. The van der Waals surface area contributed by atoms with Crippen LogP contribution in [0.15, 0.2) is 48.5 Å². The van der Waals surface area contributed by atoms with Crippen LogP contribution in [0.5, 0.6) is 0 Å². The third-order valence-corrected chi connectivity index (χ3v) is 5.56. The van der Waals surface area contributed by atoms with Gasteiger partial charge >= 0.3 is 11.9 Å². The first-order chi connectivity index (χ1) is 14.2. The topological polar surface area (TPSA) is 74.6 Å². The van der Waals surface area contributed by atoms with E-state index < -0.39 is 11.9 Å². The zero-order valence-corrected chi connectivity index (χ0v) is 17.7. The third kappa shape index (κ3) is 4.60. The van der Waals surface area contributed by atoms with E-state index in [0.29, 0.717) is 24.0 Å². The van der Waals surface area contributed by atoms with E-state index in [1.165, 1.54) is 6.07 Å². The van der Waals surface area contributed by atoms with Crippen LogP contribution in [0, 0.1) is 27.7 Å². The molecule has 4 nitrogen and oxygen atoms in total. The van der Waals surface area contributed by atoms with E-state index in [-0.39, 0.29) is 11.1 Å². The van der Waals surface area contributed by atoms with Gasteiger partial charge in [0.05, 0.1) is 11.1 Å². The van der Waals surface area contributed by atoms with Crippen LogP contribution in [-0.4, -0.2) is 22.2 Å². The number of aromatic carboxylic acids is 2. The first kappa shape index (κ1) is 21.3. The van der Waals surface area contributed by atoms with Crippen molar-refractivity contribution in [3.05, 3.63) is 104 Å². The Hall–Kier alpha value is -3.40. The summed E-state index contributed by atoms with van der Waals surface area (Å²) in [4.78, 5) is 23.8. The van der Waals surface area contributed by atoms with E-state index in [1.807, 2.05) is 52.0 Å². The number of hydrogen-bond donors (Lipinski definition) is 2. The Kier molecular flexibility index (Phi) is 6.06. The summed E-state index contributed by atoms with van der Waals surface area (Å²) in [5.41, 5.74) is 7.77. The quantitative estimate of drug-likeness (QED) is 0.571. The molecule has 0 atom stereocenters. The lowest BCUT2D eigenvalue weighted by molar-refractivity contribution is 0.0695. The molecule has 154 valence electrons. The summed E-state index contributed by atoms with van der Waals surface area (Å²) in [5.74, 6) is -2.23. The molecule has 0 heterocycles. The second-order valence-electron chi connectivity index (χ2n) is 7.99. The van der Waals surface area contributed by atoms with Crippen molar-refractivity contribution < 1.29 is 19.8 Å². The summed E-state index contributed by atoms with van der Waals surface area (Å²) < 4.78 is 0. The molecule has 4 heteroatoms. The van der Waals surface area contributed by atoms with Gasteiger partial charge in [0.25, 0.3) is 0 Å².